The molecule has 0 saturated heterocycles. The van der Waals surface area contributed by atoms with Gasteiger partial charge in [0.05, 0.1) is 24.8 Å². The summed E-state index contributed by atoms with van der Waals surface area (Å²) in [5, 5.41) is 4.90. The SMILES string of the molecule is CCCCOc1ccc(/C=N\n2cnc3sc(CC)cc3c2=O)cc1OCC. The van der Waals surface area contributed by atoms with Crippen molar-refractivity contribution in [2.24, 2.45) is 5.10 Å². The Morgan fingerprint density at radius 2 is 2.04 bits per heavy atom. The molecule has 2 aromatic heterocycles. The zero-order valence-electron chi connectivity index (χ0n) is 16.5. The van der Waals surface area contributed by atoms with Gasteiger partial charge in [-0.1, -0.05) is 20.3 Å². The summed E-state index contributed by atoms with van der Waals surface area (Å²) >= 11 is 1.54. The molecule has 6 nitrogen and oxygen atoms in total. The number of benzene rings is 1. The van der Waals surface area contributed by atoms with Crippen molar-refractivity contribution in [3.05, 3.63) is 51.4 Å². The number of thiophene rings is 1. The molecule has 2 heterocycles. The highest BCUT2D eigenvalue weighted by Crippen LogP contribution is 2.28. The number of hydrogen-bond donors (Lipinski definition) is 0. The third-order valence-corrected chi connectivity index (χ3v) is 5.38. The molecule has 1 aromatic carbocycles. The van der Waals surface area contributed by atoms with Crippen LogP contribution in [0.2, 0.25) is 0 Å². The average Bonchev–Trinajstić information content (AvgIpc) is 3.14. The lowest BCUT2D eigenvalue weighted by Crippen LogP contribution is -2.16. The number of aryl methyl sites for hydroxylation is 1. The van der Waals surface area contributed by atoms with Gasteiger partial charge >= 0.3 is 0 Å². The Labute approximate surface area is 168 Å². The number of hydrogen-bond acceptors (Lipinski definition) is 6. The van der Waals surface area contributed by atoms with Crippen molar-refractivity contribution in [1.29, 1.82) is 0 Å². The van der Waals surface area contributed by atoms with Crippen molar-refractivity contribution in [2.45, 2.75) is 40.0 Å². The van der Waals surface area contributed by atoms with E-state index in [4.69, 9.17) is 9.47 Å². The van der Waals surface area contributed by atoms with Crippen LogP contribution in [0.4, 0.5) is 0 Å². The van der Waals surface area contributed by atoms with Crippen molar-refractivity contribution < 1.29 is 9.47 Å². The van der Waals surface area contributed by atoms with E-state index >= 15 is 0 Å². The van der Waals surface area contributed by atoms with Crippen LogP contribution in [0, 0.1) is 0 Å². The Kier molecular flexibility index (Phi) is 6.81. The van der Waals surface area contributed by atoms with Gasteiger partial charge in [-0.05, 0) is 49.6 Å². The monoisotopic (exact) mass is 399 g/mol. The van der Waals surface area contributed by atoms with Crippen LogP contribution in [0.3, 0.4) is 0 Å². The highest BCUT2D eigenvalue weighted by molar-refractivity contribution is 7.18. The normalized spacial score (nSPS) is 11.4. The molecule has 0 unspecified atom stereocenters. The van der Waals surface area contributed by atoms with E-state index in [1.165, 1.54) is 11.0 Å². The molecular weight excluding hydrogens is 374 g/mol. The number of ether oxygens (including phenoxy) is 2. The van der Waals surface area contributed by atoms with E-state index in [0.29, 0.717) is 24.3 Å². The zero-order chi connectivity index (χ0) is 19.9. The van der Waals surface area contributed by atoms with Gasteiger partial charge in [-0.15, -0.1) is 11.3 Å². The van der Waals surface area contributed by atoms with Crippen LogP contribution in [0.25, 0.3) is 10.2 Å². The van der Waals surface area contributed by atoms with E-state index < -0.39 is 0 Å². The maximum absolute atomic E-state index is 12.6. The quantitative estimate of drug-likeness (QED) is 0.393. The summed E-state index contributed by atoms with van der Waals surface area (Å²) in [5.41, 5.74) is 0.652. The first-order valence-electron chi connectivity index (χ1n) is 9.60. The molecule has 0 aliphatic carbocycles. The predicted molar refractivity (Wildman–Crippen MR) is 114 cm³/mol. The summed E-state index contributed by atoms with van der Waals surface area (Å²) in [7, 11) is 0. The van der Waals surface area contributed by atoms with Gasteiger partial charge in [0.2, 0.25) is 0 Å². The van der Waals surface area contributed by atoms with Crippen LogP contribution in [0.5, 0.6) is 11.5 Å². The van der Waals surface area contributed by atoms with E-state index in [9.17, 15) is 4.79 Å². The molecule has 0 bridgehead atoms. The highest BCUT2D eigenvalue weighted by atomic mass is 32.1. The van der Waals surface area contributed by atoms with E-state index in [-0.39, 0.29) is 5.56 Å². The third kappa shape index (κ3) is 4.59. The molecule has 3 aromatic rings. The molecule has 0 saturated carbocycles. The maximum Gasteiger partial charge on any atom is 0.282 e. The van der Waals surface area contributed by atoms with Crippen LogP contribution >= 0.6 is 11.3 Å². The summed E-state index contributed by atoms with van der Waals surface area (Å²) in [6, 6.07) is 7.53. The summed E-state index contributed by atoms with van der Waals surface area (Å²) in [5.74, 6) is 1.40. The van der Waals surface area contributed by atoms with E-state index in [1.54, 1.807) is 17.6 Å². The number of aromatic nitrogens is 2. The van der Waals surface area contributed by atoms with Gasteiger partial charge in [-0.2, -0.15) is 9.78 Å². The molecule has 0 aliphatic rings. The minimum Gasteiger partial charge on any atom is -0.490 e. The van der Waals surface area contributed by atoms with Gasteiger partial charge in [0.15, 0.2) is 11.5 Å². The first-order valence-corrected chi connectivity index (χ1v) is 10.4. The van der Waals surface area contributed by atoms with Crippen molar-refractivity contribution in [3.63, 3.8) is 0 Å². The second-order valence-corrected chi connectivity index (χ2v) is 7.38. The summed E-state index contributed by atoms with van der Waals surface area (Å²) < 4.78 is 12.7. The van der Waals surface area contributed by atoms with Crippen LogP contribution in [-0.4, -0.2) is 29.1 Å². The molecule has 28 heavy (non-hydrogen) atoms. The summed E-state index contributed by atoms with van der Waals surface area (Å²) in [6.45, 7) is 7.32. The number of nitrogens with zero attached hydrogens (tertiary/aromatic N) is 3. The maximum atomic E-state index is 12.6. The number of fused-ring (bicyclic) bond motifs is 1. The second kappa shape index (κ2) is 9.50. The lowest BCUT2D eigenvalue weighted by molar-refractivity contribution is 0.272. The van der Waals surface area contributed by atoms with Crippen molar-refractivity contribution in [2.75, 3.05) is 13.2 Å². The van der Waals surface area contributed by atoms with Crippen molar-refractivity contribution in [1.82, 2.24) is 9.66 Å². The van der Waals surface area contributed by atoms with Crippen molar-refractivity contribution >= 4 is 27.8 Å². The van der Waals surface area contributed by atoms with Gasteiger partial charge in [0, 0.05) is 4.88 Å². The van der Waals surface area contributed by atoms with E-state index in [0.717, 1.165) is 40.3 Å². The highest BCUT2D eigenvalue weighted by Gasteiger charge is 2.08. The molecule has 3 rings (SSSR count). The lowest BCUT2D eigenvalue weighted by atomic mass is 10.2. The van der Waals surface area contributed by atoms with Crippen LogP contribution in [0.1, 0.15) is 44.1 Å². The molecule has 0 amide bonds. The van der Waals surface area contributed by atoms with Gasteiger partial charge in [0.1, 0.15) is 11.2 Å². The van der Waals surface area contributed by atoms with Gasteiger partial charge in [-0.25, -0.2) is 4.98 Å². The van der Waals surface area contributed by atoms with Gasteiger partial charge < -0.3 is 9.47 Å². The largest absolute Gasteiger partial charge is 0.490 e. The average molecular weight is 400 g/mol. The van der Waals surface area contributed by atoms with Crippen LogP contribution in [-0.2, 0) is 6.42 Å². The molecule has 7 heteroatoms. The topological polar surface area (TPSA) is 65.7 Å². The van der Waals surface area contributed by atoms with Crippen LogP contribution in [0.15, 0.2) is 40.5 Å². The summed E-state index contributed by atoms with van der Waals surface area (Å²) in [6.07, 6.45) is 6.04. The minimum atomic E-state index is -0.165. The molecule has 0 radical (unpaired) electrons. The fourth-order valence-corrected chi connectivity index (χ4v) is 3.59. The lowest BCUT2D eigenvalue weighted by Gasteiger charge is -2.12. The fourth-order valence-electron chi connectivity index (χ4n) is 2.67. The number of unbranched alkanes of at least 4 members (excludes halogenated alkanes) is 1. The minimum absolute atomic E-state index is 0.165. The second-order valence-electron chi connectivity index (χ2n) is 6.27. The Hall–Kier alpha value is -2.67. The van der Waals surface area contributed by atoms with E-state index in [2.05, 4.69) is 23.9 Å². The third-order valence-electron chi connectivity index (χ3n) is 4.19. The standard InChI is InChI=1S/C21H25N3O3S/c1-4-7-10-27-18-9-8-15(11-19(18)26-6-3)13-23-24-14-22-20-17(21(24)25)12-16(5-2)28-20/h8-9,11-14H,4-7,10H2,1-3H3/b23-13-. The smallest absolute Gasteiger partial charge is 0.282 e. The first-order chi connectivity index (χ1) is 13.7. The fraction of sp³-hybridized carbons (Fsp3) is 0.381. The van der Waals surface area contributed by atoms with Gasteiger partial charge in [-0.3, -0.25) is 4.79 Å². The molecule has 0 spiro atoms. The van der Waals surface area contributed by atoms with Gasteiger partial charge in [0.25, 0.3) is 5.56 Å². The Morgan fingerprint density at radius 3 is 2.79 bits per heavy atom. The predicted octanol–water partition coefficient (Wildman–Crippen LogP) is 4.48. The Bertz CT molecular complexity index is 1020. The Balaban J connectivity index is 1.85. The molecule has 0 aliphatic heterocycles. The number of rotatable bonds is 9. The van der Waals surface area contributed by atoms with E-state index in [1.807, 2.05) is 31.2 Å². The Morgan fingerprint density at radius 1 is 1.18 bits per heavy atom. The molecule has 0 atom stereocenters. The summed E-state index contributed by atoms with van der Waals surface area (Å²) in [4.78, 5) is 18.9. The van der Waals surface area contributed by atoms with Crippen LogP contribution < -0.4 is 15.0 Å². The molecular formula is C21H25N3O3S. The molecule has 0 N–H and O–H groups in total. The molecule has 0 fully saturated rings. The molecule has 148 valence electrons. The van der Waals surface area contributed by atoms with Crippen molar-refractivity contribution in [3.8, 4) is 11.5 Å². The zero-order valence-corrected chi connectivity index (χ0v) is 17.3. The first kappa shape index (κ1) is 20.1.